The van der Waals surface area contributed by atoms with Gasteiger partial charge in [0.1, 0.15) is 16.2 Å². The molecule has 0 saturated heterocycles. The van der Waals surface area contributed by atoms with Crippen LogP contribution in [0, 0.1) is 20.8 Å². The highest BCUT2D eigenvalue weighted by Crippen LogP contribution is 2.37. The topological polar surface area (TPSA) is 54.9 Å². The van der Waals surface area contributed by atoms with Crippen LogP contribution in [0.4, 0.5) is 5.69 Å². The van der Waals surface area contributed by atoms with E-state index in [1.165, 1.54) is 22.9 Å². The molecule has 4 aromatic rings. The highest BCUT2D eigenvalue weighted by atomic mass is 32.2. The summed E-state index contributed by atoms with van der Waals surface area (Å²) in [6.45, 7) is 6.18. The van der Waals surface area contributed by atoms with Crippen molar-refractivity contribution in [3.8, 4) is 11.1 Å². The number of nitrogens with one attached hydrogen (secondary N) is 1. The molecule has 4 rings (SSSR count). The monoisotopic (exact) mass is 419 g/mol. The molecule has 0 aliphatic carbocycles. The summed E-state index contributed by atoms with van der Waals surface area (Å²) in [6, 6.07) is 14.4. The summed E-state index contributed by atoms with van der Waals surface area (Å²) in [4.78, 5) is 22.3. The van der Waals surface area contributed by atoms with E-state index >= 15 is 0 Å². The molecular formula is C23H21N3OS2. The molecule has 2 heterocycles. The number of amides is 1. The first-order valence-electron chi connectivity index (χ1n) is 9.30. The Labute approximate surface area is 178 Å². The Balaban J connectivity index is 1.54. The standard InChI is InChI=1S/C23H21N3OS2/c1-14-4-7-17(8-5-14)19-11-28-22-21(19)23(25-13-24-22)29-12-20(27)26-18-9-6-15(2)16(3)10-18/h4-11,13H,12H2,1-3H3,(H,26,27). The Kier molecular flexibility index (Phi) is 5.65. The van der Waals surface area contributed by atoms with Crippen molar-refractivity contribution in [2.45, 2.75) is 25.8 Å². The summed E-state index contributed by atoms with van der Waals surface area (Å²) in [5.74, 6) is 0.250. The van der Waals surface area contributed by atoms with Crippen molar-refractivity contribution in [1.82, 2.24) is 9.97 Å². The average molecular weight is 420 g/mol. The zero-order chi connectivity index (χ0) is 20.4. The molecule has 2 aromatic heterocycles. The zero-order valence-corrected chi connectivity index (χ0v) is 18.2. The second-order valence-electron chi connectivity index (χ2n) is 7.01. The van der Waals surface area contributed by atoms with E-state index in [9.17, 15) is 4.79 Å². The molecule has 0 radical (unpaired) electrons. The molecule has 0 unspecified atom stereocenters. The lowest BCUT2D eigenvalue weighted by Gasteiger charge is -2.08. The minimum absolute atomic E-state index is 0.0443. The lowest BCUT2D eigenvalue weighted by atomic mass is 10.1. The van der Waals surface area contributed by atoms with Gasteiger partial charge in [-0.15, -0.1) is 11.3 Å². The fourth-order valence-corrected chi connectivity index (χ4v) is 4.85. The number of hydrogen-bond donors (Lipinski definition) is 1. The smallest absolute Gasteiger partial charge is 0.234 e. The number of thioether (sulfide) groups is 1. The summed E-state index contributed by atoms with van der Waals surface area (Å²) in [5.41, 5.74) is 6.67. The van der Waals surface area contributed by atoms with Crippen LogP contribution in [0.2, 0.25) is 0 Å². The number of nitrogens with zero attached hydrogens (tertiary/aromatic N) is 2. The molecule has 146 valence electrons. The molecule has 0 saturated carbocycles. The molecule has 0 atom stereocenters. The number of fused-ring (bicyclic) bond motifs is 1. The van der Waals surface area contributed by atoms with Crippen LogP contribution in [0.5, 0.6) is 0 Å². The van der Waals surface area contributed by atoms with Crippen LogP contribution in [0.1, 0.15) is 16.7 Å². The van der Waals surface area contributed by atoms with Crippen LogP contribution in [0.25, 0.3) is 21.3 Å². The van der Waals surface area contributed by atoms with Gasteiger partial charge in [-0.25, -0.2) is 9.97 Å². The number of anilines is 1. The van der Waals surface area contributed by atoms with Crippen LogP contribution in [0.3, 0.4) is 0 Å². The predicted molar refractivity (Wildman–Crippen MR) is 123 cm³/mol. The first-order chi connectivity index (χ1) is 14.0. The number of thiophene rings is 1. The van der Waals surface area contributed by atoms with E-state index in [1.54, 1.807) is 17.7 Å². The van der Waals surface area contributed by atoms with Gasteiger partial charge in [0.05, 0.1) is 11.1 Å². The maximum absolute atomic E-state index is 12.5. The first-order valence-corrected chi connectivity index (χ1v) is 11.2. The summed E-state index contributed by atoms with van der Waals surface area (Å²) in [5, 5.41) is 6.94. The second kappa shape index (κ2) is 8.35. The molecule has 6 heteroatoms. The van der Waals surface area contributed by atoms with E-state index in [0.717, 1.165) is 37.6 Å². The van der Waals surface area contributed by atoms with Gasteiger partial charge in [0, 0.05) is 16.6 Å². The van der Waals surface area contributed by atoms with E-state index < -0.39 is 0 Å². The molecular weight excluding hydrogens is 398 g/mol. The van der Waals surface area contributed by atoms with E-state index in [1.807, 2.05) is 25.1 Å². The van der Waals surface area contributed by atoms with Gasteiger partial charge < -0.3 is 5.32 Å². The quantitative estimate of drug-likeness (QED) is 0.318. The number of benzene rings is 2. The van der Waals surface area contributed by atoms with Crippen molar-refractivity contribution in [2.24, 2.45) is 0 Å². The number of aryl methyl sites for hydroxylation is 3. The van der Waals surface area contributed by atoms with Gasteiger partial charge in [-0.3, -0.25) is 4.79 Å². The number of rotatable bonds is 5. The van der Waals surface area contributed by atoms with Crippen molar-refractivity contribution in [1.29, 1.82) is 0 Å². The Morgan fingerprint density at radius 1 is 1.03 bits per heavy atom. The highest BCUT2D eigenvalue weighted by Gasteiger charge is 2.15. The van der Waals surface area contributed by atoms with Gasteiger partial charge in [-0.05, 0) is 49.6 Å². The molecule has 0 fully saturated rings. The Bertz CT molecular complexity index is 1180. The maximum Gasteiger partial charge on any atom is 0.234 e. The number of aromatic nitrogens is 2. The van der Waals surface area contributed by atoms with Crippen LogP contribution < -0.4 is 5.32 Å². The Morgan fingerprint density at radius 3 is 2.59 bits per heavy atom. The normalized spacial score (nSPS) is 11.0. The Hall–Kier alpha value is -2.70. The molecule has 29 heavy (non-hydrogen) atoms. The summed E-state index contributed by atoms with van der Waals surface area (Å²) in [6.07, 6.45) is 1.57. The minimum Gasteiger partial charge on any atom is -0.325 e. The molecule has 0 bridgehead atoms. The van der Waals surface area contributed by atoms with Crippen molar-refractivity contribution >= 4 is 44.9 Å². The third kappa shape index (κ3) is 4.33. The van der Waals surface area contributed by atoms with Gasteiger partial charge in [-0.2, -0.15) is 0 Å². The molecule has 0 aliphatic rings. The van der Waals surface area contributed by atoms with E-state index in [0.29, 0.717) is 5.75 Å². The molecule has 1 N–H and O–H groups in total. The van der Waals surface area contributed by atoms with Crippen LogP contribution in [-0.4, -0.2) is 21.6 Å². The van der Waals surface area contributed by atoms with E-state index in [4.69, 9.17) is 0 Å². The number of carbonyl (C=O) groups excluding carboxylic acids is 1. The highest BCUT2D eigenvalue weighted by molar-refractivity contribution is 8.00. The summed E-state index contributed by atoms with van der Waals surface area (Å²) >= 11 is 3.05. The second-order valence-corrected chi connectivity index (χ2v) is 8.83. The van der Waals surface area contributed by atoms with Crippen LogP contribution in [0.15, 0.2) is 59.2 Å². The zero-order valence-electron chi connectivity index (χ0n) is 16.5. The van der Waals surface area contributed by atoms with Crippen molar-refractivity contribution in [3.63, 3.8) is 0 Å². The summed E-state index contributed by atoms with van der Waals surface area (Å²) in [7, 11) is 0. The van der Waals surface area contributed by atoms with E-state index in [-0.39, 0.29) is 5.91 Å². The fraction of sp³-hybridized carbons (Fsp3) is 0.174. The first kappa shape index (κ1) is 19.6. The molecule has 2 aromatic carbocycles. The van der Waals surface area contributed by atoms with Gasteiger partial charge in [-0.1, -0.05) is 47.7 Å². The lowest BCUT2D eigenvalue weighted by molar-refractivity contribution is -0.113. The average Bonchev–Trinajstić information content (AvgIpc) is 3.15. The van der Waals surface area contributed by atoms with Gasteiger partial charge >= 0.3 is 0 Å². The van der Waals surface area contributed by atoms with Crippen LogP contribution in [-0.2, 0) is 4.79 Å². The largest absolute Gasteiger partial charge is 0.325 e. The van der Waals surface area contributed by atoms with Crippen molar-refractivity contribution < 1.29 is 4.79 Å². The SMILES string of the molecule is Cc1ccc(-c2csc3ncnc(SCC(=O)Nc4ccc(C)c(C)c4)c23)cc1. The van der Waals surface area contributed by atoms with E-state index in [2.05, 4.69) is 58.8 Å². The Morgan fingerprint density at radius 2 is 1.83 bits per heavy atom. The van der Waals surface area contributed by atoms with Crippen molar-refractivity contribution in [2.75, 3.05) is 11.1 Å². The minimum atomic E-state index is -0.0443. The maximum atomic E-state index is 12.5. The number of carbonyl (C=O) groups is 1. The predicted octanol–water partition coefficient (Wildman–Crippen LogP) is 6.01. The summed E-state index contributed by atoms with van der Waals surface area (Å²) < 4.78 is 0. The molecule has 0 aliphatic heterocycles. The molecule has 1 amide bonds. The van der Waals surface area contributed by atoms with Gasteiger partial charge in [0.15, 0.2) is 0 Å². The fourth-order valence-electron chi connectivity index (χ4n) is 3.05. The molecule has 4 nitrogen and oxygen atoms in total. The van der Waals surface area contributed by atoms with Crippen molar-refractivity contribution in [3.05, 3.63) is 70.9 Å². The number of hydrogen-bond acceptors (Lipinski definition) is 5. The third-order valence-electron chi connectivity index (χ3n) is 4.83. The van der Waals surface area contributed by atoms with Gasteiger partial charge in [0.25, 0.3) is 0 Å². The molecule has 0 spiro atoms. The van der Waals surface area contributed by atoms with Gasteiger partial charge in [0.2, 0.25) is 5.91 Å². The third-order valence-corrected chi connectivity index (χ3v) is 6.70. The van der Waals surface area contributed by atoms with Crippen LogP contribution >= 0.6 is 23.1 Å². The lowest BCUT2D eigenvalue weighted by Crippen LogP contribution is -2.14.